The van der Waals surface area contributed by atoms with Crippen LogP contribution in [0.15, 0.2) is 12.4 Å². The summed E-state index contributed by atoms with van der Waals surface area (Å²) < 4.78 is 18.8. The van der Waals surface area contributed by atoms with Crippen LogP contribution in [-0.2, 0) is 0 Å². The molecule has 1 aliphatic carbocycles. The summed E-state index contributed by atoms with van der Waals surface area (Å²) in [6.07, 6.45) is 4.19. The number of aliphatic hydroxyl groups excluding tert-OH is 1. The molecule has 1 aliphatic heterocycles. The topological polar surface area (TPSA) is 75.5 Å². The minimum absolute atomic E-state index is 0.00826. The number of hydrogen-bond donors (Lipinski definition) is 1. The van der Waals surface area contributed by atoms with Crippen LogP contribution in [0.5, 0.6) is 5.88 Å². The van der Waals surface area contributed by atoms with Crippen molar-refractivity contribution in [2.75, 3.05) is 19.8 Å². The lowest BCUT2D eigenvalue weighted by atomic mass is 10.2. The summed E-state index contributed by atoms with van der Waals surface area (Å²) in [5.74, 6) is 0.599. The second kappa shape index (κ2) is 5.93. The van der Waals surface area contributed by atoms with Crippen molar-refractivity contribution in [2.45, 2.75) is 31.5 Å². The molecule has 1 aromatic rings. The van der Waals surface area contributed by atoms with Gasteiger partial charge in [-0.25, -0.2) is 14.4 Å². The maximum absolute atomic E-state index is 13.4. The molecular formula is C14H18FN3O3. The summed E-state index contributed by atoms with van der Waals surface area (Å²) in [5, 5.41) is 9.21. The molecule has 1 saturated heterocycles. The third kappa shape index (κ3) is 3.29. The van der Waals surface area contributed by atoms with E-state index in [9.17, 15) is 14.3 Å². The Morgan fingerprint density at radius 1 is 1.43 bits per heavy atom. The van der Waals surface area contributed by atoms with E-state index in [2.05, 4.69) is 9.97 Å². The van der Waals surface area contributed by atoms with E-state index in [4.69, 9.17) is 4.74 Å². The second-order valence-electron chi connectivity index (χ2n) is 5.62. The van der Waals surface area contributed by atoms with Crippen LogP contribution in [0.3, 0.4) is 0 Å². The number of hydrogen-bond acceptors (Lipinski definition) is 5. The van der Waals surface area contributed by atoms with Crippen LogP contribution < -0.4 is 4.74 Å². The number of aromatic nitrogens is 2. The Labute approximate surface area is 122 Å². The number of carbonyl (C=O) groups is 1. The van der Waals surface area contributed by atoms with Crippen LogP contribution >= 0.6 is 0 Å². The molecule has 1 aromatic heterocycles. The van der Waals surface area contributed by atoms with Crippen molar-refractivity contribution in [1.82, 2.24) is 14.9 Å². The van der Waals surface area contributed by atoms with Crippen molar-refractivity contribution in [3.63, 3.8) is 0 Å². The highest BCUT2D eigenvalue weighted by molar-refractivity contribution is 5.92. The fourth-order valence-electron chi connectivity index (χ4n) is 2.42. The lowest BCUT2D eigenvalue weighted by Gasteiger charge is -2.21. The van der Waals surface area contributed by atoms with Gasteiger partial charge in [-0.05, 0) is 18.8 Å². The summed E-state index contributed by atoms with van der Waals surface area (Å²) in [5.41, 5.74) is 0.140. The first-order chi connectivity index (χ1) is 10.2. The second-order valence-corrected chi connectivity index (χ2v) is 5.62. The normalized spacial score (nSPS) is 25.1. The van der Waals surface area contributed by atoms with E-state index >= 15 is 0 Å². The summed E-state index contributed by atoms with van der Waals surface area (Å²) >= 11 is 0. The van der Waals surface area contributed by atoms with Gasteiger partial charge in [-0.3, -0.25) is 4.79 Å². The number of carbonyl (C=O) groups excluding carboxylic acids is 1. The van der Waals surface area contributed by atoms with Gasteiger partial charge in [0.2, 0.25) is 5.88 Å². The molecule has 0 unspecified atom stereocenters. The van der Waals surface area contributed by atoms with Crippen molar-refractivity contribution < 1.29 is 19.0 Å². The predicted octanol–water partition coefficient (Wildman–Crippen LogP) is 0.810. The van der Waals surface area contributed by atoms with Gasteiger partial charge in [0, 0.05) is 6.42 Å². The van der Waals surface area contributed by atoms with E-state index in [1.807, 2.05) is 0 Å². The zero-order valence-electron chi connectivity index (χ0n) is 11.6. The number of ether oxygens (including phenoxy) is 1. The van der Waals surface area contributed by atoms with Gasteiger partial charge in [-0.15, -0.1) is 0 Å². The zero-order valence-corrected chi connectivity index (χ0v) is 11.6. The zero-order chi connectivity index (χ0) is 14.8. The molecule has 2 heterocycles. The molecule has 1 saturated carbocycles. The van der Waals surface area contributed by atoms with Crippen molar-refractivity contribution in [1.29, 1.82) is 0 Å². The van der Waals surface area contributed by atoms with Gasteiger partial charge >= 0.3 is 0 Å². The van der Waals surface area contributed by atoms with E-state index in [0.29, 0.717) is 18.4 Å². The SMILES string of the molecule is O=C(c1cnc(OCC2CC2)cn1)N1C[C@@H](F)C[C@H]1CO. The summed E-state index contributed by atoms with van der Waals surface area (Å²) in [6.45, 7) is 0.373. The third-order valence-corrected chi connectivity index (χ3v) is 3.85. The van der Waals surface area contributed by atoms with Crippen molar-refractivity contribution in [3.05, 3.63) is 18.1 Å². The Kier molecular flexibility index (Phi) is 4.01. The maximum Gasteiger partial charge on any atom is 0.274 e. The molecule has 1 N–H and O–H groups in total. The number of nitrogens with zero attached hydrogens (tertiary/aromatic N) is 3. The molecule has 2 atom stereocenters. The Bertz CT molecular complexity index is 507. The molecule has 21 heavy (non-hydrogen) atoms. The average molecular weight is 295 g/mol. The van der Waals surface area contributed by atoms with Gasteiger partial charge in [0.25, 0.3) is 5.91 Å². The van der Waals surface area contributed by atoms with Crippen LogP contribution in [0.2, 0.25) is 0 Å². The number of amides is 1. The van der Waals surface area contributed by atoms with Crippen molar-refractivity contribution in [3.8, 4) is 5.88 Å². The number of rotatable bonds is 5. The van der Waals surface area contributed by atoms with E-state index < -0.39 is 18.1 Å². The van der Waals surface area contributed by atoms with Crippen LogP contribution in [0.1, 0.15) is 29.8 Å². The number of halogens is 1. The molecule has 0 bridgehead atoms. The number of alkyl halides is 1. The Balaban J connectivity index is 1.63. The average Bonchev–Trinajstić information content (AvgIpc) is 3.26. The van der Waals surface area contributed by atoms with Crippen LogP contribution in [-0.4, -0.2) is 57.9 Å². The molecule has 1 amide bonds. The van der Waals surface area contributed by atoms with Gasteiger partial charge in [0.15, 0.2) is 0 Å². The quantitative estimate of drug-likeness (QED) is 0.870. The lowest BCUT2D eigenvalue weighted by molar-refractivity contribution is 0.0666. The van der Waals surface area contributed by atoms with E-state index in [1.165, 1.54) is 30.1 Å². The van der Waals surface area contributed by atoms with Crippen LogP contribution in [0.25, 0.3) is 0 Å². The number of likely N-dealkylation sites (tertiary alicyclic amines) is 1. The molecular weight excluding hydrogens is 277 g/mol. The summed E-state index contributed by atoms with van der Waals surface area (Å²) in [7, 11) is 0. The third-order valence-electron chi connectivity index (χ3n) is 3.85. The van der Waals surface area contributed by atoms with E-state index in [1.54, 1.807) is 0 Å². The summed E-state index contributed by atoms with van der Waals surface area (Å²) in [6, 6.07) is -0.486. The highest BCUT2D eigenvalue weighted by Gasteiger charge is 2.35. The molecule has 0 aromatic carbocycles. The van der Waals surface area contributed by atoms with Gasteiger partial charge in [0.1, 0.15) is 11.9 Å². The van der Waals surface area contributed by atoms with Gasteiger partial charge in [-0.1, -0.05) is 0 Å². The van der Waals surface area contributed by atoms with Crippen LogP contribution in [0, 0.1) is 5.92 Å². The maximum atomic E-state index is 13.4. The van der Waals surface area contributed by atoms with Crippen molar-refractivity contribution in [2.24, 2.45) is 5.92 Å². The molecule has 0 radical (unpaired) electrons. The molecule has 2 fully saturated rings. The molecule has 114 valence electrons. The van der Waals surface area contributed by atoms with Crippen LogP contribution in [0.4, 0.5) is 4.39 Å². The Morgan fingerprint density at radius 3 is 2.86 bits per heavy atom. The largest absolute Gasteiger partial charge is 0.476 e. The fraction of sp³-hybridized carbons (Fsp3) is 0.643. The number of aliphatic hydroxyl groups is 1. The molecule has 3 rings (SSSR count). The van der Waals surface area contributed by atoms with E-state index in [0.717, 1.165) is 0 Å². The Hall–Kier alpha value is -1.76. The van der Waals surface area contributed by atoms with Gasteiger partial charge < -0.3 is 14.7 Å². The summed E-state index contributed by atoms with van der Waals surface area (Å²) in [4.78, 5) is 21.7. The van der Waals surface area contributed by atoms with E-state index in [-0.39, 0.29) is 25.3 Å². The van der Waals surface area contributed by atoms with Gasteiger partial charge in [0.05, 0.1) is 38.2 Å². The minimum Gasteiger partial charge on any atom is -0.476 e. The fourth-order valence-corrected chi connectivity index (χ4v) is 2.42. The highest BCUT2D eigenvalue weighted by Crippen LogP contribution is 2.29. The molecule has 2 aliphatic rings. The first-order valence-electron chi connectivity index (χ1n) is 7.18. The first kappa shape index (κ1) is 14.2. The molecule has 6 nitrogen and oxygen atoms in total. The lowest BCUT2D eigenvalue weighted by Crippen LogP contribution is -2.38. The first-order valence-corrected chi connectivity index (χ1v) is 7.18. The monoisotopic (exact) mass is 295 g/mol. The highest BCUT2D eigenvalue weighted by atomic mass is 19.1. The smallest absolute Gasteiger partial charge is 0.274 e. The molecule has 0 spiro atoms. The predicted molar refractivity (Wildman–Crippen MR) is 71.7 cm³/mol. The van der Waals surface area contributed by atoms with Gasteiger partial charge in [-0.2, -0.15) is 0 Å². The Morgan fingerprint density at radius 2 is 2.24 bits per heavy atom. The standard InChI is InChI=1S/C14H18FN3O3/c15-10-3-11(7-19)18(6-10)14(20)12-4-17-13(5-16-12)21-8-9-1-2-9/h4-5,9-11,19H,1-3,6-8H2/t10-,11-/m0/s1. The molecule has 7 heteroatoms. The minimum atomic E-state index is -1.10. The van der Waals surface area contributed by atoms with Crippen molar-refractivity contribution >= 4 is 5.91 Å².